The molecule has 1 heterocycles. The van der Waals surface area contributed by atoms with E-state index in [0.717, 1.165) is 29.9 Å². The average Bonchev–Trinajstić information content (AvgIpc) is 3.29. The van der Waals surface area contributed by atoms with Gasteiger partial charge in [0.2, 0.25) is 5.91 Å². The first kappa shape index (κ1) is 20.0. The molecule has 3 rings (SSSR count). The van der Waals surface area contributed by atoms with Crippen molar-refractivity contribution in [3.05, 3.63) is 23.8 Å². The number of ether oxygens (including phenoxy) is 2. The van der Waals surface area contributed by atoms with Gasteiger partial charge in [0, 0.05) is 24.4 Å². The second kappa shape index (κ2) is 8.07. The van der Waals surface area contributed by atoms with E-state index in [1.807, 2.05) is 25.1 Å². The standard InChI is InChI=1S/C21H32N2O4/c1-14(24)21(2)13-23(20(25)11-22)12-17(21)15-8-9-18(26-3)19(10-15)27-16-6-4-5-7-16/h8-10,14,16-17,24H,4-7,11-13,22H2,1-3H3/t14-,17+,21+/m1/s1. The number of hydrogen-bond acceptors (Lipinski definition) is 5. The number of carbonyl (C=O) groups is 1. The van der Waals surface area contributed by atoms with Crippen molar-refractivity contribution in [1.82, 2.24) is 4.90 Å². The third-order valence-corrected chi connectivity index (χ3v) is 6.40. The Balaban J connectivity index is 1.91. The molecule has 1 saturated heterocycles. The van der Waals surface area contributed by atoms with Crippen LogP contribution in [0.5, 0.6) is 11.5 Å². The van der Waals surface area contributed by atoms with Crippen LogP contribution < -0.4 is 15.2 Å². The lowest BCUT2D eigenvalue weighted by Crippen LogP contribution is -2.39. The second-order valence-electron chi connectivity index (χ2n) is 8.15. The number of hydrogen-bond donors (Lipinski definition) is 2. The van der Waals surface area contributed by atoms with Gasteiger partial charge in [0.05, 0.1) is 25.9 Å². The summed E-state index contributed by atoms with van der Waals surface area (Å²) in [5.41, 5.74) is 6.18. The third kappa shape index (κ3) is 3.92. The molecule has 6 heteroatoms. The van der Waals surface area contributed by atoms with E-state index < -0.39 is 11.5 Å². The lowest BCUT2D eigenvalue weighted by atomic mass is 9.72. The zero-order chi connectivity index (χ0) is 19.6. The Kier molecular flexibility index (Phi) is 5.96. The maximum atomic E-state index is 12.2. The number of methoxy groups -OCH3 is 1. The smallest absolute Gasteiger partial charge is 0.236 e. The van der Waals surface area contributed by atoms with E-state index in [4.69, 9.17) is 15.2 Å². The van der Waals surface area contributed by atoms with E-state index in [1.165, 1.54) is 12.8 Å². The monoisotopic (exact) mass is 376 g/mol. The first-order valence-corrected chi connectivity index (χ1v) is 9.89. The molecule has 150 valence electrons. The summed E-state index contributed by atoms with van der Waals surface area (Å²) in [5.74, 6) is 1.39. The largest absolute Gasteiger partial charge is 0.493 e. The normalized spacial score (nSPS) is 27.0. The van der Waals surface area contributed by atoms with E-state index in [9.17, 15) is 9.90 Å². The lowest BCUT2D eigenvalue weighted by molar-refractivity contribution is -0.129. The molecule has 2 fully saturated rings. The number of amides is 1. The Bertz CT molecular complexity index is 672. The molecule has 0 radical (unpaired) electrons. The Morgan fingerprint density at radius 2 is 2.07 bits per heavy atom. The summed E-state index contributed by atoms with van der Waals surface area (Å²) in [4.78, 5) is 13.9. The molecule has 0 aromatic heterocycles. The summed E-state index contributed by atoms with van der Waals surface area (Å²) in [6.07, 6.45) is 4.22. The van der Waals surface area contributed by atoms with Gasteiger partial charge >= 0.3 is 0 Å². The SMILES string of the molecule is COc1ccc([C@@H]2CN(C(=O)CN)C[C@@]2(C)[C@@H](C)O)cc1OC1CCCC1. The van der Waals surface area contributed by atoms with Crippen molar-refractivity contribution in [2.45, 2.75) is 57.7 Å². The quantitative estimate of drug-likeness (QED) is 0.796. The Morgan fingerprint density at radius 3 is 2.67 bits per heavy atom. The summed E-state index contributed by atoms with van der Waals surface area (Å²) < 4.78 is 11.7. The van der Waals surface area contributed by atoms with Crippen LogP contribution in [-0.2, 0) is 4.79 Å². The maximum Gasteiger partial charge on any atom is 0.236 e. The molecular weight excluding hydrogens is 344 g/mol. The first-order valence-electron chi connectivity index (χ1n) is 9.89. The first-order chi connectivity index (χ1) is 12.9. The average molecular weight is 376 g/mol. The predicted octanol–water partition coefficient (Wildman–Crippen LogP) is 2.29. The van der Waals surface area contributed by atoms with Gasteiger partial charge in [-0.25, -0.2) is 0 Å². The maximum absolute atomic E-state index is 12.2. The molecule has 0 bridgehead atoms. The second-order valence-corrected chi connectivity index (χ2v) is 8.15. The van der Waals surface area contributed by atoms with Crippen LogP contribution in [0.25, 0.3) is 0 Å². The summed E-state index contributed by atoms with van der Waals surface area (Å²) in [5, 5.41) is 10.5. The zero-order valence-electron chi connectivity index (χ0n) is 16.6. The topological polar surface area (TPSA) is 85.0 Å². The minimum Gasteiger partial charge on any atom is -0.493 e. The van der Waals surface area contributed by atoms with Crippen molar-refractivity contribution in [2.75, 3.05) is 26.7 Å². The van der Waals surface area contributed by atoms with Crippen molar-refractivity contribution < 1.29 is 19.4 Å². The van der Waals surface area contributed by atoms with Gasteiger partial charge in [-0.2, -0.15) is 0 Å². The number of likely N-dealkylation sites (tertiary alicyclic amines) is 1. The van der Waals surface area contributed by atoms with Gasteiger partial charge in [-0.05, 0) is 50.3 Å². The summed E-state index contributed by atoms with van der Waals surface area (Å²) in [6, 6.07) is 5.97. The van der Waals surface area contributed by atoms with E-state index in [2.05, 4.69) is 0 Å². The molecule has 6 nitrogen and oxygen atoms in total. The molecule has 1 aliphatic heterocycles. The highest BCUT2D eigenvalue weighted by atomic mass is 16.5. The fourth-order valence-corrected chi connectivity index (χ4v) is 4.43. The molecule has 1 aliphatic carbocycles. The number of rotatable bonds is 6. The van der Waals surface area contributed by atoms with Crippen LogP contribution >= 0.6 is 0 Å². The fourth-order valence-electron chi connectivity index (χ4n) is 4.43. The molecule has 27 heavy (non-hydrogen) atoms. The van der Waals surface area contributed by atoms with Gasteiger partial charge in [0.25, 0.3) is 0 Å². The van der Waals surface area contributed by atoms with Crippen molar-refractivity contribution in [3.63, 3.8) is 0 Å². The number of aliphatic hydroxyl groups is 1. The van der Waals surface area contributed by atoms with Gasteiger partial charge in [-0.15, -0.1) is 0 Å². The van der Waals surface area contributed by atoms with Gasteiger partial charge < -0.3 is 25.2 Å². The fraction of sp³-hybridized carbons (Fsp3) is 0.667. The third-order valence-electron chi connectivity index (χ3n) is 6.40. The molecule has 2 aliphatic rings. The zero-order valence-corrected chi connectivity index (χ0v) is 16.6. The number of aliphatic hydroxyl groups excluding tert-OH is 1. The van der Waals surface area contributed by atoms with Gasteiger partial charge in [-0.3, -0.25) is 4.79 Å². The number of carbonyl (C=O) groups excluding carboxylic acids is 1. The molecule has 1 amide bonds. The van der Waals surface area contributed by atoms with Crippen molar-refractivity contribution in [2.24, 2.45) is 11.1 Å². The van der Waals surface area contributed by atoms with Crippen molar-refractivity contribution >= 4 is 5.91 Å². The van der Waals surface area contributed by atoms with Crippen LogP contribution in [0.1, 0.15) is 51.0 Å². The molecule has 3 N–H and O–H groups in total. The van der Waals surface area contributed by atoms with Gasteiger partial charge in [0.1, 0.15) is 0 Å². The number of nitrogens with zero attached hydrogens (tertiary/aromatic N) is 1. The molecule has 1 aromatic carbocycles. The van der Waals surface area contributed by atoms with Crippen LogP contribution in [0.3, 0.4) is 0 Å². The summed E-state index contributed by atoms with van der Waals surface area (Å²) in [7, 11) is 1.65. The molecule has 0 spiro atoms. The Morgan fingerprint density at radius 1 is 1.37 bits per heavy atom. The van der Waals surface area contributed by atoms with Crippen molar-refractivity contribution in [3.8, 4) is 11.5 Å². The lowest BCUT2D eigenvalue weighted by Gasteiger charge is -2.34. The summed E-state index contributed by atoms with van der Waals surface area (Å²) >= 11 is 0. The van der Waals surface area contributed by atoms with Crippen LogP contribution in [0.2, 0.25) is 0 Å². The minimum absolute atomic E-state index is 0.00448. The van der Waals surface area contributed by atoms with E-state index in [0.29, 0.717) is 13.1 Å². The Labute approximate surface area is 161 Å². The van der Waals surface area contributed by atoms with E-state index >= 15 is 0 Å². The molecule has 1 saturated carbocycles. The van der Waals surface area contributed by atoms with Crippen LogP contribution in [0.15, 0.2) is 18.2 Å². The summed E-state index contributed by atoms with van der Waals surface area (Å²) in [6.45, 7) is 4.86. The highest BCUT2D eigenvalue weighted by Gasteiger charge is 2.48. The van der Waals surface area contributed by atoms with Gasteiger partial charge in [0.15, 0.2) is 11.5 Å². The molecule has 0 unspecified atom stereocenters. The predicted molar refractivity (Wildman–Crippen MR) is 104 cm³/mol. The van der Waals surface area contributed by atoms with E-state index in [-0.39, 0.29) is 24.5 Å². The minimum atomic E-state index is -0.556. The van der Waals surface area contributed by atoms with Crippen molar-refractivity contribution in [1.29, 1.82) is 0 Å². The highest BCUT2D eigenvalue weighted by molar-refractivity contribution is 5.78. The van der Waals surface area contributed by atoms with E-state index in [1.54, 1.807) is 18.9 Å². The number of benzene rings is 1. The molecular formula is C21H32N2O4. The molecule has 3 atom stereocenters. The van der Waals surface area contributed by atoms with Crippen LogP contribution in [0, 0.1) is 5.41 Å². The molecule has 1 aromatic rings. The van der Waals surface area contributed by atoms with Crippen LogP contribution in [-0.4, -0.2) is 54.9 Å². The van der Waals surface area contributed by atoms with Crippen LogP contribution in [0.4, 0.5) is 0 Å². The highest BCUT2D eigenvalue weighted by Crippen LogP contribution is 2.47. The van der Waals surface area contributed by atoms with Gasteiger partial charge in [-0.1, -0.05) is 13.0 Å². The Hall–Kier alpha value is -1.79. The number of nitrogens with two attached hydrogens (primary N) is 1.